The van der Waals surface area contributed by atoms with Crippen molar-refractivity contribution in [3.8, 4) is 5.75 Å². The van der Waals surface area contributed by atoms with Crippen LogP contribution in [0, 0.1) is 0 Å². The highest BCUT2D eigenvalue weighted by Gasteiger charge is 2.07. The number of hydrogen-bond donors (Lipinski definition) is 3. The Labute approximate surface area is 124 Å². The second kappa shape index (κ2) is 6.79. The van der Waals surface area contributed by atoms with Gasteiger partial charge in [-0.2, -0.15) is 0 Å². The van der Waals surface area contributed by atoms with Crippen LogP contribution in [0.2, 0.25) is 0 Å². The molecule has 110 valence electrons. The van der Waals surface area contributed by atoms with Crippen molar-refractivity contribution in [3.05, 3.63) is 59.7 Å². The van der Waals surface area contributed by atoms with Crippen LogP contribution in [0.5, 0.6) is 5.75 Å². The summed E-state index contributed by atoms with van der Waals surface area (Å²) in [6, 6.07) is 14.6. The minimum atomic E-state index is -0.0868. The van der Waals surface area contributed by atoms with Gasteiger partial charge in [-0.1, -0.05) is 24.3 Å². The van der Waals surface area contributed by atoms with Gasteiger partial charge in [0.1, 0.15) is 5.75 Å². The molecule has 0 heterocycles. The standard InChI is InChI=1S/C17H20N2O2/c1-12(2)19-17(21)13-7-5-8-15(10-13)18-11-14-6-3-4-9-16(14)20/h3-10,12,18,20H,11H2,1-2H3,(H,19,21). The van der Waals surface area contributed by atoms with Crippen LogP contribution in [0.1, 0.15) is 29.8 Å². The molecule has 0 saturated carbocycles. The van der Waals surface area contributed by atoms with Crippen molar-refractivity contribution in [1.82, 2.24) is 5.32 Å². The molecule has 2 rings (SSSR count). The summed E-state index contributed by atoms with van der Waals surface area (Å²) in [5.41, 5.74) is 2.27. The molecule has 0 aliphatic rings. The van der Waals surface area contributed by atoms with Gasteiger partial charge in [0.25, 0.3) is 5.91 Å². The van der Waals surface area contributed by atoms with Gasteiger partial charge in [-0.15, -0.1) is 0 Å². The smallest absolute Gasteiger partial charge is 0.251 e. The van der Waals surface area contributed by atoms with Crippen LogP contribution >= 0.6 is 0 Å². The summed E-state index contributed by atoms with van der Waals surface area (Å²) < 4.78 is 0. The summed E-state index contributed by atoms with van der Waals surface area (Å²) in [6.45, 7) is 4.36. The molecule has 0 bridgehead atoms. The normalized spacial score (nSPS) is 10.4. The zero-order valence-corrected chi connectivity index (χ0v) is 12.3. The third kappa shape index (κ3) is 4.24. The summed E-state index contributed by atoms with van der Waals surface area (Å²) in [4.78, 5) is 12.0. The van der Waals surface area contributed by atoms with Crippen LogP contribution in [0.3, 0.4) is 0 Å². The van der Waals surface area contributed by atoms with Crippen molar-refractivity contribution in [2.24, 2.45) is 0 Å². The average molecular weight is 284 g/mol. The minimum Gasteiger partial charge on any atom is -0.508 e. The zero-order valence-electron chi connectivity index (χ0n) is 12.3. The summed E-state index contributed by atoms with van der Waals surface area (Å²) in [5, 5.41) is 15.8. The molecule has 0 saturated heterocycles. The van der Waals surface area contributed by atoms with E-state index >= 15 is 0 Å². The molecule has 0 fully saturated rings. The van der Waals surface area contributed by atoms with Gasteiger partial charge in [0.2, 0.25) is 0 Å². The van der Waals surface area contributed by atoms with Crippen LogP contribution in [-0.2, 0) is 6.54 Å². The van der Waals surface area contributed by atoms with E-state index in [9.17, 15) is 9.90 Å². The van der Waals surface area contributed by atoms with Crippen LogP contribution in [0.25, 0.3) is 0 Å². The van der Waals surface area contributed by atoms with Crippen molar-refractivity contribution in [3.63, 3.8) is 0 Å². The Morgan fingerprint density at radius 1 is 1.14 bits per heavy atom. The molecule has 4 heteroatoms. The van der Waals surface area contributed by atoms with Crippen molar-refractivity contribution in [1.29, 1.82) is 0 Å². The molecule has 21 heavy (non-hydrogen) atoms. The lowest BCUT2D eigenvalue weighted by molar-refractivity contribution is 0.0943. The van der Waals surface area contributed by atoms with Gasteiger partial charge in [0, 0.05) is 29.4 Å². The number of hydrogen-bond acceptors (Lipinski definition) is 3. The minimum absolute atomic E-state index is 0.0868. The van der Waals surface area contributed by atoms with E-state index in [0.29, 0.717) is 12.1 Å². The van der Waals surface area contributed by atoms with E-state index in [1.165, 1.54) is 0 Å². The number of amides is 1. The first kappa shape index (κ1) is 14.9. The van der Waals surface area contributed by atoms with E-state index in [-0.39, 0.29) is 17.7 Å². The van der Waals surface area contributed by atoms with Gasteiger partial charge in [0.05, 0.1) is 0 Å². The number of carbonyl (C=O) groups is 1. The van der Waals surface area contributed by atoms with Crippen LogP contribution in [-0.4, -0.2) is 17.1 Å². The number of benzene rings is 2. The van der Waals surface area contributed by atoms with Crippen molar-refractivity contribution in [2.45, 2.75) is 26.4 Å². The van der Waals surface area contributed by atoms with Crippen LogP contribution < -0.4 is 10.6 Å². The quantitative estimate of drug-likeness (QED) is 0.790. The fourth-order valence-electron chi connectivity index (χ4n) is 1.97. The Bertz CT molecular complexity index is 624. The van der Waals surface area contributed by atoms with E-state index in [1.54, 1.807) is 24.3 Å². The number of carbonyl (C=O) groups excluding carboxylic acids is 1. The number of para-hydroxylation sites is 1. The van der Waals surface area contributed by atoms with E-state index in [4.69, 9.17) is 0 Å². The predicted molar refractivity (Wildman–Crippen MR) is 84.5 cm³/mol. The number of phenols is 1. The highest BCUT2D eigenvalue weighted by molar-refractivity contribution is 5.95. The van der Waals surface area contributed by atoms with E-state index < -0.39 is 0 Å². The topological polar surface area (TPSA) is 61.4 Å². The molecule has 0 unspecified atom stereocenters. The first-order valence-electron chi connectivity index (χ1n) is 6.98. The fourth-order valence-corrected chi connectivity index (χ4v) is 1.97. The maximum absolute atomic E-state index is 12.0. The molecule has 2 aromatic rings. The zero-order chi connectivity index (χ0) is 15.2. The molecule has 0 aromatic heterocycles. The lowest BCUT2D eigenvalue weighted by Crippen LogP contribution is -2.30. The molecule has 1 amide bonds. The second-order valence-corrected chi connectivity index (χ2v) is 5.19. The lowest BCUT2D eigenvalue weighted by Gasteiger charge is -2.11. The molecular formula is C17H20N2O2. The van der Waals surface area contributed by atoms with Crippen molar-refractivity contribution >= 4 is 11.6 Å². The SMILES string of the molecule is CC(C)NC(=O)c1cccc(NCc2ccccc2O)c1. The third-order valence-electron chi connectivity index (χ3n) is 3.02. The lowest BCUT2D eigenvalue weighted by atomic mass is 10.1. The summed E-state index contributed by atoms with van der Waals surface area (Å²) in [5.74, 6) is 0.176. The number of nitrogens with one attached hydrogen (secondary N) is 2. The largest absolute Gasteiger partial charge is 0.508 e. The average Bonchev–Trinajstić information content (AvgIpc) is 2.46. The molecule has 0 atom stereocenters. The third-order valence-corrected chi connectivity index (χ3v) is 3.02. The predicted octanol–water partition coefficient (Wildman–Crippen LogP) is 3.14. The first-order chi connectivity index (χ1) is 10.1. The van der Waals surface area contributed by atoms with Crippen LogP contribution in [0.15, 0.2) is 48.5 Å². The van der Waals surface area contributed by atoms with Gasteiger partial charge in [-0.3, -0.25) is 4.79 Å². The Morgan fingerprint density at radius 3 is 2.62 bits per heavy atom. The van der Waals surface area contributed by atoms with Crippen LogP contribution in [0.4, 0.5) is 5.69 Å². The molecule has 0 aliphatic carbocycles. The molecule has 0 spiro atoms. The summed E-state index contributed by atoms with van der Waals surface area (Å²) in [7, 11) is 0. The second-order valence-electron chi connectivity index (χ2n) is 5.19. The Morgan fingerprint density at radius 2 is 1.90 bits per heavy atom. The Kier molecular flexibility index (Phi) is 4.82. The van der Waals surface area contributed by atoms with Gasteiger partial charge in [-0.05, 0) is 38.1 Å². The Balaban J connectivity index is 2.04. The molecular weight excluding hydrogens is 264 g/mol. The van der Waals surface area contributed by atoms with E-state index in [2.05, 4.69) is 10.6 Å². The molecule has 2 aromatic carbocycles. The number of aromatic hydroxyl groups is 1. The highest BCUT2D eigenvalue weighted by Crippen LogP contribution is 2.18. The van der Waals surface area contributed by atoms with Gasteiger partial charge in [0.15, 0.2) is 0 Å². The van der Waals surface area contributed by atoms with E-state index in [1.807, 2.05) is 38.1 Å². The van der Waals surface area contributed by atoms with Gasteiger partial charge >= 0.3 is 0 Å². The first-order valence-corrected chi connectivity index (χ1v) is 6.98. The molecule has 4 nitrogen and oxygen atoms in total. The fraction of sp³-hybridized carbons (Fsp3) is 0.235. The van der Waals surface area contributed by atoms with E-state index in [0.717, 1.165) is 11.3 Å². The number of rotatable bonds is 5. The molecule has 0 radical (unpaired) electrons. The Hall–Kier alpha value is -2.49. The maximum Gasteiger partial charge on any atom is 0.251 e. The maximum atomic E-state index is 12.0. The summed E-state index contributed by atoms with van der Waals surface area (Å²) >= 11 is 0. The van der Waals surface area contributed by atoms with Gasteiger partial charge in [-0.25, -0.2) is 0 Å². The van der Waals surface area contributed by atoms with Gasteiger partial charge < -0.3 is 15.7 Å². The van der Waals surface area contributed by atoms with Crippen molar-refractivity contribution < 1.29 is 9.90 Å². The molecule has 3 N–H and O–H groups in total. The number of phenolic OH excluding ortho intramolecular Hbond substituents is 1. The van der Waals surface area contributed by atoms with Crippen molar-refractivity contribution in [2.75, 3.05) is 5.32 Å². The number of anilines is 1. The summed E-state index contributed by atoms with van der Waals surface area (Å²) in [6.07, 6.45) is 0. The highest BCUT2D eigenvalue weighted by atomic mass is 16.3. The molecule has 0 aliphatic heterocycles. The monoisotopic (exact) mass is 284 g/mol.